The number of hydrogen-bond acceptors (Lipinski definition) is 2. The molecular weight excluding hydrogens is 258 g/mol. The van der Waals surface area contributed by atoms with Crippen LogP contribution < -0.4 is 10.1 Å². The van der Waals surface area contributed by atoms with Gasteiger partial charge in [0.1, 0.15) is 5.75 Å². The Morgan fingerprint density at radius 2 is 1.67 bits per heavy atom. The van der Waals surface area contributed by atoms with Crippen molar-refractivity contribution in [2.24, 2.45) is 0 Å². The first kappa shape index (κ1) is 15.6. The molecular formula is C19H25NO. The van der Waals surface area contributed by atoms with Crippen LogP contribution in [-0.4, -0.2) is 13.7 Å². The summed E-state index contributed by atoms with van der Waals surface area (Å²) in [6.07, 6.45) is 2.22. The van der Waals surface area contributed by atoms with E-state index in [2.05, 4.69) is 61.6 Å². The molecule has 2 aromatic carbocycles. The van der Waals surface area contributed by atoms with E-state index < -0.39 is 0 Å². The maximum atomic E-state index is 5.46. The summed E-state index contributed by atoms with van der Waals surface area (Å²) in [6.45, 7) is 6.23. The molecule has 2 heteroatoms. The first-order valence-corrected chi connectivity index (χ1v) is 7.75. The zero-order chi connectivity index (χ0) is 15.1. The molecule has 1 N–H and O–H groups in total. The molecule has 0 unspecified atom stereocenters. The topological polar surface area (TPSA) is 21.3 Å². The van der Waals surface area contributed by atoms with Gasteiger partial charge in [-0.1, -0.05) is 44.2 Å². The minimum Gasteiger partial charge on any atom is -0.496 e. The van der Waals surface area contributed by atoms with Crippen molar-refractivity contribution in [2.45, 2.75) is 33.2 Å². The van der Waals surface area contributed by atoms with E-state index in [0.717, 1.165) is 31.7 Å². The monoisotopic (exact) mass is 283 g/mol. The maximum Gasteiger partial charge on any atom is 0.123 e. The molecule has 0 aliphatic heterocycles. The van der Waals surface area contributed by atoms with Gasteiger partial charge >= 0.3 is 0 Å². The van der Waals surface area contributed by atoms with Crippen molar-refractivity contribution in [1.29, 1.82) is 0 Å². The number of hydrogen-bond donors (Lipinski definition) is 1. The summed E-state index contributed by atoms with van der Waals surface area (Å²) in [5.41, 5.74) is 5.08. The fourth-order valence-electron chi connectivity index (χ4n) is 2.43. The fourth-order valence-corrected chi connectivity index (χ4v) is 2.43. The van der Waals surface area contributed by atoms with Crippen LogP contribution in [0.4, 0.5) is 0 Å². The third-order valence-electron chi connectivity index (χ3n) is 3.72. The van der Waals surface area contributed by atoms with Gasteiger partial charge < -0.3 is 10.1 Å². The van der Waals surface area contributed by atoms with Crippen LogP contribution >= 0.6 is 0 Å². The lowest BCUT2D eigenvalue weighted by Crippen LogP contribution is -2.14. The summed E-state index contributed by atoms with van der Waals surface area (Å²) >= 11 is 0. The largest absolute Gasteiger partial charge is 0.496 e. The van der Waals surface area contributed by atoms with Crippen molar-refractivity contribution in [2.75, 3.05) is 13.7 Å². The van der Waals surface area contributed by atoms with Crippen LogP contribution in [-0.2, 0) is 13.0 Å². The molecule has 0 aromatic heterocycles. The molecule has 2 aromatic rings. The highest BCUT2D eigenvalue weighted by Crippen LogP contribution is 2.27. The minimum absolute atomic E-state index is 0.845. The van der Waals surface area contributed by atoms with Crippen molar-refractivity contribution in [1.82, 2.24) is 5.32 Å². The third kappa shape index (κ3) is 4.08. The average molecular weight is 283 g/mol. The normalized spacial score (nSPS) is 10.6. The molecule has 0 saturated carbocycles. The van der Waals surface area contributed by atoms with Crippen molar-refractivity contribution in [3.63, 3.8) is 0 Å². The van der Waals surface area contributed by atoms with Crippen molar-refractivity contribution in [3.8, 4) is 16.9 Å². The van der Waals surface area contributed by atoms with Gasteiger partial charge in [-0.3, -0.25) is 0 Å². The molecule has 0 atom stereocenters. The molecule has 2 rings (SSSR count). The number of rotatable bonds is 7. The Morgan fingerprint density at radius 1 is 0.952 bits per heavy atom. The van der Waals surface area contributed by atoms with Crippen LogP contribution in [0.2, 0.25) is 0 Å². The van der Waals surface area contributed by atoms with Gasteiger partial charge in [0.25, 0.3) is 0 Å². The van der Waals surface area contributed by atoms with Crippen LogP contribution in [0.3, 0.4) is 0 Å². The SMILES string of the molecule is CCCNCc1cc(-c2ccc(CC)cc2)ccc1OC. The number of nitrogens with one attached hydrogen (secondary N) is 1. The Balaban J connectivity index is 2.24. The Morgan fingerprint density at radius 3 is 2.29 bits per heavy atom. The van der Waals surface area contributed by atoms with E-state index >= 15 is 0 Å². The van der Waals surface area contributed by atoms with Gasteiger partial charge in [0, 0.05) is 12.1 Å². The predicted molar refractivity (Wildman–Crippen MR) is 89.8 cm³/mol. The van der Waals surface area contributed by atoms with Gasteiger partial charge in [-0.05, 0) is 48.2 Å². The molecule has 0 saturated heterocycles. The summed E-state index contributed by atoms with van der Waals surface area (Å²) in [5, 5.41) is 3.44. The number of benzene rings is 2. The Labute approximate surface area is 128 Å². The molecule has 0 fully saturated rings. The smallest absolute Gasteiger partial charge is 0.123 e. The molecule has 0 radical (unpaired) electrons. The number of ether oxygens (including phenoxy) is 1. The van der Waals surface area contributed by atoms with Gasteiger partial charge in [0.2, 0.25) is 0 Å². The predicted octanol–water partition coefficient (Wildman–Crippen LogP) is 4.42. The molecule has 112 valence electrons. The van der Waals surface area contributed by atoms with Crippen LogP contribution in [0.15, 0.2) is 42.5 Å². The second kappa shape index (κ2) is 7.84. The quantitative estimate of drug-likeness (QED) is 0.759. The molecule has 0 spiro atoms. The van der Waals surface area contributed by atoms with Gasteiger partial charge in [-0.2, -0.15) is 0 Å². The Hall–Kier alpha value is -1.80. The molecule has 0 aliphatic rings. The van der Waals surface area contributed by atoms with Crippen LogP contribution in [0.5, 0.6) is 5.75 Å². The third-order valence-corrected chi connectivity index (χ3v) is 3.72. The van der Waals surface area contributed by atoms with Crippen LogP contribution in [0, 0.1) is 0 Å². The zero-order valence-corrected chi connectivity index (χ0v) is 13.3. The van der Waals surface area contributed by atoms with Crippen molar-refractivity contribution in [3.05, 3.63) is 53.6 Å². The van der Waals surface area contributed by atoms with E-state index in [4.69, 9.17) is 4.74 Å². The van der Waals surface area contributed by atoms with Crippen LogP contribution in [0.1, 0.15) is 31.4 Å². The lowest BCUT2D eigenvalue weighted by Gasteiger charge is -2.12. The molecule has 0 amide bonds. The lowest BCUT2D eigenvalue weighted by molar-refractivity contribution is 0.408. The van der Waals surface area contributed by atoms with E-state index in [0.29, 0.717) is 0 Å². The van der Waals surface area contributed by atoms with Gasteiger partial charge in [0.05, 0.1) is 7.11 Å². The van der Waals surface area contributed by atoms with E-state index in [9.17, 15) is 0 Å². The summed E-state index contributed by atoms with van der Waals surface area (Å²) in [7, 11) is 1.73. The second-order valence-electron chi connectivity index (χ2n) is 5.25. The summed E-state index contributed by atoms with van der Waals surface area (Å²) in [4.78, 5) is 0. The highest BCUT2D eigenvalue weighted by molar-refractivity contribution is 5.66. The highest BCUT2D eigenvalue weighted by atomic mass is 16.5. The minimum atomic E-state index is 0.845. The van der Waals surface area contributed by atoms with Gasteiger partial charge in [0.15, 0.2) is 0 Å². The number of methoxy groups -OCH3 is 1. The first-order valence-electron chi connectivity index (χ1n) is 7.75. The van der Waals surface area contributed by atoms with Crippen molar-refractivity contribution >= 4 is 0 Å². The summed E-state index contributed by atoms with van der Waals surface area (Å²) < 4.78 is 5.46. The summed E-state index contributed by atoms with van der Waals surface area (Å²) in [5.74, 6) is 0.951. The number of aryl methyl sites for hydroxylation is 1. The average Bonchev–Trinajstić information content (AvgIpc) is 2.55. The van der Waals surface area contributed by atoms with E-state index in [1.165, 1.54) is 22.3 Å². The molecule has 21 heavy (non-hydrogen) atoms. The van der Waals surface area contributed by atoms with Crippen LogP contribution in [0.25, 0.3) is 11.1 Å². The fraction of sp³-hybridized carbons (Fsp3) is 0.368. The molecule has 2 nitrogen and oxygen atoms in total. The first-order chi connectivity index (χ1) is 10.3. The van der Waals surface area contributed by atoms with Crippen molar-refractivity contribution < 1.29 is 4.74 Å². The maximum absolute atomic E-state index is 5.46. The molecule has 0 aliphatic carbocycles. The highest BCUT2D eigenvalue weighted by Gasteiger charge is 2.06. The van der Waals surface area contributed by atoms with Gasteiger partial charge in [-0.25, -0.2) is 0 Å². The van der Waals surface area contributed by atoms with E-state index in [1.54, 1.807) is 7.11 Å². The Bertz CT molecular complexity index is 560. The van der Waals surface area contributed by atoms with Gasteiger partial charge in [-0.15, -0.1) is 0 Å². The Kier molecular flexibility index (Phi) is 5.82. The molecule has 0 heterocycles. The zero-order valence-electron chi connectivity index (χ0n) is 13.3. The second-order valence-corrected chi connectivity index (χ2v) is 5.25. The standard InChI is InChI=1S/C19H25NO/c1-4-12-20-14-18-13-17(10-11-19(18)21-3)16-8-6-15(5-2)7-9-16/h6-11,13,20H,4-5,12,14H2,1-3H3. The van der Waals surface area contributed by atoms with E-state index in [1.807, 2.05) is 0 Å². The van der Waals surface area contributed by atoms with E-state index in [-0.39, 0.29) is 0 Å². The molecule has 0 bridgehead atoms. The summed E-state index contributed by atoms with van der Waals surface area (Å²) in [6, 6.07) is 15.2. The lowest BCUT2D eigenvalue weighted by atomic mass is 10.0.